The number of aromatic nitrogens is 2. The Kier molecular flexibility index (Phi) is 7.45. The zero-order valence-electron chi connectivity index (χ0n) is 16.5. The van der Waals surface area contributed by atoms with Crippen LogP contribution in [0, 0.1) is 5.92 Å². The van der Waals surface area contributed by atoms with Crippen molar-refractivity contribution in [2.75, 3.05) is 37.6 Å². The summed E-state index contributed by atoms with van der Waals surface area (Å²) in [6.07, 6.45) is 9.24. The molecular weight excluding hydrogens is 378 g/mol. The number of cyclic esters (lactones) is 1. The molecule has 10 nitrogen and oxygen atoms in total. The summed E-state index contributed by atoms with van der Waals surface area (Å²) in [6.45, 7) is 4.12. The number of carboxylic acid groups (broad SMARTS) is 2. The van der Waals surface area contributed by atoms with Gasteiger partial charge in [0.1, 0.15) is 6.10 Å². The number of nitrogens with zero attached hydrogens (tertiary/aromatic N) is 5. The molecule has 2 aliphatic heterocycles. The molecule has 2 N–H and O–H groups in total. The molecule has 3 fully saturated rings. The molecule has 1 unspecified atom stereocenters. The van der Waals surface area contributed by atoms with Gasteiger partial charge in [0.05, 0.1) is 24.6 Å². The summed E-state index contributed by atoms with van der Waals surface area (Å²) in [7, 11) is 0. The normalized spacial score (nSPS) is 23.3. The van der Waals surface area contributed by atoms with Gasteiger partial charge in [-0.25, -0.2) is 19.6 Å². The van der Waals surface area contributed by atoms with Gasteiger partial charge in [0.15, 0.2) is 0 Å². The number of hydrogen-bond acceptors (Lipinski definition) is 7. The minimum absolute atomic E-state index is 0.0676. The van der Waals surface area contributed by atoms with Crippen LogP contribution < -0.4 is 4.90 Å². The molecule has 29 heavy (non-hydrogen) atoms. The number of ether oxygens (including phenoxy) is 1. The number of carbonyl (C=O) groups excluding carboxylic acids is 1. The second-order valence-electron chi connectivity index (χ2n) is 7.65. The number of hydrogen-bond donors (Lipinski definition) is 2. The number of hydrazine groups is 1. The second kappa shape index (κ2) is 10.2. The average molecular weight is 407 g/mol. The van der Waals surface area contributed by atoms with Gasteiger partial charge >= 0.3 is 12.2 Å². The molecule has 10 heteroatoms. The van der Waals surface area contributed by atoms with E-state index in [-0.39, 0.29) is 12.2 Å². The van der Waals surface area contributed by atoms with Crippen LogP contribution in [0.5, 0.6) is 0 Å². The van der Waals surface area contributed by atoms with Gasteiger partial charge in [-0.1, -0.05) is 32.1 Å². The van der Waals surface area contributed by atoms with Crippen LogP contribution in [-0.2, 0) is 4.74 Å². The van der Waals surface area contributed by atoms with Crippen LogP contribution in [0.25, 0.3) is 0 Å². The molecule has 160 valence electrons. The Bertz CT molecular complexity index is 658. The number of carbonyl (C=O) groups is 2. The van der Waals surface area contributed by atoms with E-state index in [0.717, 1.165) is 44.2 Å². The van der Waals surface area contributed by atoms with Crippen molar-refractivity contribution in [3.8, 4) is 0 Å². The van der Waals surface area contributed by atoms with Crippen LogP contribution in [0.15, 0.2) is 18.5 Å². The van der Waals surface area contributed by atoms with Gasteiger partial charge in [0, 0.05) is 26.2 Å². The van der Waals surface area contributed by atoms with E-state index in [1.165, 1.54) is 32.1 Å². The van der Waals surface area contributed by atoms with Crippen LogP contribution >= 0.6 is 0 Å². The topological polar surface area (TPSA) is 119 Å². The largest absolute Gasteiger partial charge is 0.503 e. The Hall–Kier alpha value is -2.62. The molecule has 1 aromatic heterocycles. The van der Waals surface area contributed by atoms with Gasteiger partial charge < -0.3 is 19.8 Å². The highest BCUT2D eigenvalue weighted by Crippen LogP contribution is 2.30. The van der Waals surface area contributed by atoms with E-state index in [4.69, 9.17) is 19.7 Å². The Morgan fingerprint density at radius 3 is 2.41 bits per heavy atom. The molecule has 1 atom stereocenters. The Labute approximate surface area is 170 Å². The van der Waals surface area contributed by atoms with E-state index in [1.54, 1.807) is 12.4 Å². The minimum Gasteiger partial charge on any atom is -0.450 e. The number of amides is 1. The maximum Gasteiger partial charge on any atom is 0.503 e. The highest BCUT2D eigenvalue weighted by Gasteiger charge is 2.37. The minimum atomic E-state index is -1.83. The molecule has 3 aliphatic rings. The lowest BCUT2D eigenvalue weighted by Crippen LogP contribution is -2.54. The van der Waals surface area contributed by atoms with E-state index < -0.39 is 6.16 Å². The van der Waals surface area contributed by atoms with Crippen LogP contribution in [0.2, 0.25) is 0 Å². The zero-order valence-corrected chi connectivity index (χ0v) is 16.5. The van der Waals surface area contributed by atoms with E-state index in [1.807, 2.05) is 11.1 Å². The standard InChI is InChI=1S/C18H27N5O2.CH2O3/c24-18-23(14-17(25-18)12-15-4-2-1-3-5-15)22-10-8-21(9-11-22)16-6-7-19-20-13-16;2-1(3)4/h6-7,13,15,17H,1-5,8-12,14H2;(H2,2,3,4). The predicted molar refractivity (Wildman–Crippen MR) is 105 cm³/mol. The second-order valence-corrected chi connectivity index (χ2v) is 7.65. The van der Waals surface area contributed by atoms with Crippen molar-refractivity contribution in [1.82, 2.24) is 20.2 Å². The van der Waals surface area contributed by atoms with Gasteiger partial charge in [-0.05, 0) is 18.4 Å². The van der Waals surface area contributed by atoms with Crippen molar-refractivity contribution >= 4 is 17.9 Å². The smallest absolute Gasteiger partial charge is 0.450 e. The lowest BCUT2D eigenvalue weighted by Gasteiger charge is -2.39. The fraction of sp³-hybridized carbons (Fsp3) is 0.684. The summed E-state index contributed by atoms with van der Waals surface area (Å²) >= 11 is 0. The molecule has 0 radical (unpaired) electrons. The molecule has 1 aliphatic carbocycles. The third-order valence-electron chi connectivity index (χ3n) is 5.71. The first-order valence-corrected chi connectivity index (χ1v) is 10.2. The van der Waals surface area contributed by atoms with E-state index in [0.29, 0.717) is 6.54 Å². The number of piperazine rings is 1. The number of rotatable bonds is 4. The van der Waals surface area contributed by atoms with Gasteiger partial charge in [0.25, 0.3) is 0 Å². The van der Waals surface area contributed by atoms with E-state index >= 15 is 0 Å². The SMILES string of the molecule is O=C(O)O.O=C1OC(CC2CCCCC2)CN1N1CCN(c2ccnnc2)CC1. The van der Waals surface area contributed by atoms with Gasteiger partial charge in [0.2, 0.25) is 0 Å². The Morgan fingerprint density at radius 2 is 1.79 bits per heavy atom. The molecule has 3 heterocycles. The molecule has 2 saturated heterocycles. The molecule has 0 aromatic carbocycles. The monoisotopic (exact) mass is 407 g/mol. The van der Waals surface area contributed by atoms with Crippen molar-refractivity contribution in [1.29, 1.82) is 0 Å². The average Bonchev–Trinajstić information content (AvgIpc) is 3.09. The molecular formula is C19H29N5O5. The lowest BCUT2D eigenvalue weighted by molar-refractivity contribution is 0.0186. The van der Waals surface area contributed by atoms with Crippen LogP contribution in [0.4, 0.5) is 15.3 Å². The van der Waals surface area contributed by atoms with Gasteiger partial charge in [-0.2, -0.15) is 10.2 Å². The molecule has 1 aromatic rings. The summed E-state index contributed by atoms with van der Waals surface area (Å²) in [5.41, 5.74) is 1.09. The third-order valence-corrected chi connectivity index (χ3v) is 5.71. The fourth-order valence-electron chi connectivity index (χ4n) is 4.32. The van der Waals surface area contributed by atoms with Crippen molar-refractivity contribution in [2.24, 2.45) is 5.92 Å². The number of anilines is 1. The highest BCUT2D eigenvalue weighted by molar-refractivity contribution is 5.69. The predicted octanol–water partition coefficient (Wildman–Crippen LogP) is 2.53. The first-order chi connectivity index (χ1) is 14.0. The molecule has 1 saturated carbocycles. The zero-order chi connectivity index (χ0) is 20.6. The fourth-order valence-corrected chi connectivity index (χ4v) is 4.32. The first-order valence-electron chi connectivity index (χ1n) is 10.2. The van der Waals surface area contributed by atoms with Crippen molar-refractivity contribution < 1.29 is 24.5 Å². The lowest BCUT2D eigenvalue weighted by atomic mass is 9.85. The summed E-state index contributed by atoms with van der Waals surface area (Å²) in [5, 5.41) is 25.7. The van der Waals surface area contributed by atoms with Crippen LogP contribution in [0.1, 0.15) is 38.5 Å². The summed E-state index contributed by atoms with van der Waals surface area (Å²) in [4.78, 5) is 23.1. The van der Waals surface area contributed by atoms with E-state index in [9.17, 15) is 4.79 Å². The maximum atomic E-state index is 12.3. The molecule has 1 amide bonds. The molecule has 4 rings (SSSR count). The van der Waals surface area contributed by atoms with E-state index in [2.05, 4.69) is 20.1 Å². The van der Waals surface area contributed by atoms with Crippen LogP contribution in [0.3, 0.4) is 0 Å². The van der Waals surface area contributed by atoms with Gasteiger partial charge in [-0.15, -0.1) is 0 Å². The summed E-state index contributed by atoms with van der Waals surface area (Å²) in [6, 6.07) is 1.98. The molecule has 0 bridgehead atoms. The summed E-state index contributed by atoms with van der Waals surface area (Å²) < 4.78 is 5.65. The first kappa shape index (κ1) is 21.1. The Balaban J connectivity index is 0.000000552. The maximum absolute atomic E-state index is 12.3. The van der Waals surface area contributed by atoms with Crippen molar-refractivity contribution in [3.05, 3.63) is 18.5 Å². The summed E-state index contributed by atoms with van der Waals surface area (Å²) in [5.74, 6) is 0.738. The Morgan fingerprint density at radius 1 is 1.10 bits per heavy atom. The van der Waals surface area contributed by atoms with Crippen molar-refractivity contribution in [3.63, 3.8) is 0 Å². The van der Waals surface area contributed by atoms with Crippen molar-refractivity contribution in [2.45, 2.75) is 44.6 Å². The quantitative estimate of drug-likeness (QED) is 0.776. The third kappa shape index (κ3) is 6.18. The van der Waals surface area contributed by atoms with Crippen LogP contribution in [-0.4, -0.2) is 81.5 Å². The highest BCUT2D eigenvalue weighted by atomic mass is 16.6. The van der Waals surface area contributed by atoms with Gasteiger partial charge in [-0.3, -0.25) is 0 Å². The molecule has 0 spiro atoms.